The second-order valence-corrected chi connectivity index (χ2v) is 40.7. The predicted molar refractivity (Wildman–Crippen MR) is 489 cm³/mol. The van der Waals surface area contributed by atoms with Crippen molar-refractivity contribution < 1.29 is 17.3 Å². The second-order valence-electron chi connectivity index (χ2n) is 40.7. The molecule has 7 rings (SSSR count). The Morgan fingerprint density at radius 2 is 0.527 bits per heavy atom. The first-order valence-electron chi connectivity index (χ1n) is 44.2. The molecule has 0 aliphatic rings. The lowest BCUT2D eigenvalue weighted by atomic mass is 9.73. The topological polar surface area (TPSA) is 0 Å². The number of hydrogen-bond donors (Lipinski definition) is 0. The van der Waals surface area contributed by atoms with Crippen LogP contribution in [0.3, 0.4) is 0 Å². The van der Waals surface area contributed by atoms with E-state index in [1.165, 1.54) is 88.7 Å². The molecule has 0 N–H and O–H groups in total. The first-order valence-corrected chi connectivity index (χ1v) is 42.7. The van der Waals surface area contributed by atoms with Gasteiger partial charge in [0.15, 0.2) is 0 Å². The smallest absolute Gasteiger partial charge is 0.171 e. The molecule has 0 heterocycles. The Hall–Kier alpha value is -5.67. The van der Waals surface area contributed by atoms with Crippen LogP contribution in [0.15, 0.2) is 164 Å². The molecule has 3 heteroatoms. The molecule has 7 aromatic rings. The summed E-state index contributed by atoms with van der Waals surface area (Å²) in [6.07, 6.45) is 5.62. The fourth-order valence-corrected chi connectivity index (χ4v) is 15.1. The number of rotatable bonds is 18. The van der Waals surface area contributed by atoms with E-state index in [9.17, 15) is 13.2 Å². The number of benzene rings is 7. The summed E-state index contributed by atoms with van der Waals surface area (Å²) in [4.78, 5) is 0. The molecule has 0 atom stereocenters. The van der Waals surface area contributed by atoms with Gasteiger partial charge in [0.25, 0.3) is 0 Å². The van der Waals surface area contributed by atoms with Gasteiger partial charge in [-0.2, -0.15) is 13.2 Å². The molecule has 0 amide bonds. The van der Waals surface area contributed by atoms with Gasteiger partial charge in [-0.3, -0.25) is 0 Å². The molecule has 0 aliphatic carbocycles. The average Bonchev–Trinajstić information content (AvgIpc) is 0.750. The monoisotopic (exact) mass is 1510 g/mol. The Labute approximate surface area is 684 Å². The Morgan fingerprint density at radius 1 is 0.273 bits per heavy atom. The third kappa shape index (κ3) is 34.2. The van der Waals surface area contributed by atoms with Crippen molar-refractivity contribution in [1.29, 1.82) is 0 Å². The van der Waals surface area contributed by atoms with Crippen molar-refractivity contribution in [3.8, 4) is 0 Å². The molecule has 0 aliphatic heterocycles. The van der Waals surface area contributed by atoms with Crippen LogP contribution < -0.4 is 0 Å². The van der Waals surface area contributed by atoms with Crippen LogP contribution in [0.5, 0.6) is 0 Å². The van der Waals surface area contributed by atoms with Gasteiger partial charge < -0.3 is 0 Å². The standard InChI is InChI=1S/C20H34.C15H21F3.3C15H24.C14H22.C13H20/c1-8-15(9-2)17-13-12-14-18(16(10-3)11-4)19(17)20(5,6)7;1-13(2,3)12-9-7-6-8-11(12)10-14(4,5)15(16,17)18;1-14(2,3)11-12-9-7-8-10-13(12)15(4,5)6;2*1-6-12(7-2)13-10-8-9-11-14(13)15(3,4)5;1-11(2)10-12-8-6-7-9-13(12)14(3,4)5;1-10(2)11-8-6-7-9-12(11)13(3,4)5/h12-16H,8-11H2,1-7H3;6-9H,10H2,1-5H3;7-10H,11H2,1-6H3;2*8-12H,6-7H2,1-5H3;6-9,11H,10H2,1-5H3;6-10H,1-5H3/i15D,16D;;;12D;;;. The first kappa shape index (κ1) is 96.7. The summed E-state index contributed by atoms with van der Waals surface area (Å²) in [5.41, 5.74) is 19.4. The Morgan fingerprint density at radius 3 is 0.809 bits per heavy atom. The molecule has 618 valence electrons. The number of hydrogen-bond acceptors (Lipinski definition) is 0. The molecule has 0 saturated heterocycles. The van der Waals surface area contributed by atoms with Crippen molar-refractivity contribution in [2.45, 2.75) is 407 Å². The van der Waals surface area contributed by atoms with Crippen LogP contribution in [0.4, 0.5) is 13.2 Å². The van der Waals surface area contributed by atoms with Gasteiger partial charge in [0.1, 0.15) is 0 Å². The molecule has 0 spiro atoms. The highest BCUT2D eigenvalue weighted by Gasteiger charge is 2.47. The summed E-state index contributed by atoms with van der Waals surface area (Å²) < 4.78 is 65.3. The third-order valence-corrected chi connectivity index (χ3v) is 21.1. The van der Waals surface area contributed by atoms with E-state index in [0.717, 1.165) is 79.0 Å². The van der Waals surface area contributed by atoms with Gasteiger partial charge in [0.05, 0.1) is 5.41 Å². The first-order chi connectivity index (χ1) is 51.4. The van der Waals surface area contributed by atoms with Crippen molar-refractivity contribution >= 4 is 0 Å². The van der Waals surface area contributed by atoms with Crippen LogP contribution >= 0.6 is 0 Å². The molecule has 0 fully saturated rings. The normalized spacial score (nSPS) is 13.3. The molecule has 110 heavy (non-hydrogen) atoms. The zero-order chi connectivity index (χ0) is 87.8. The lowest BCUT2D eigenvalue weighted by molar-refractivity contribution is -0.211. The Bertz CT molecular complexity index is 3820. The predicted octanol–water partition coefficient (Wildman–Crippen LogP) is 34.5. The van der Waals surface area contributed by atoms with E-state index in [1.54, 1.807) is 17.7 Å². The largest absolute Gasteiger partial charge is 0.394 e. The molecule has 0 radical (unpaired) electrons. The van der Waals surface area contributed by atoms with Gasteiger partial charge in [0, 0.05) is 4.11 Å². The quantitative estimate of drug-likeness (QED) is 0.0803. The molecule has 0 unspecified atom stereocenters. The summed E-state index contributed by atoms with van der Waals surface area (Å²) >= 11 is 0. The van der Waals surface area contributed by atoms with Crippen molar-refractivity contribution in [3.63, 3.8) is 0 Å². The van der Waals surface area contributed by atoms with E-state index < -0.39 is 29.3 Å². The van der Waals surface area contributed by atoms with Gasteiger partial charge in [-0.15, -0.1) is 0 Å². The van der Waals surface area contributed by atoms with Crippen LogP contribution in [-0.4, -0.2) is 6.18 Å². The molecule has 7 aromatic carbocycles. The van der Waals surface area contributed by atoms with Crippen molar-refractivity contribution in [2.75, 3.05) is 0 Å². The molecule has 0 bridgehead atoms. The van der Waals surface area contributed by atoms with Gasteiger partial charge >= 0.3 is 6.18 Å². The SMILES string of the molecule is CC(C)(C)Cc1ccccc1C(C)(C)C.CC(C)(C)c1ccccc1CC(C)(C)C(F)(F)F.CC(C)Cc1ccccc1C(C)(C)C.CC(C)c1ccccc1C(C)(C)C.CCC(CC)c1ccccc1C(C)(C)C.[2H]C(CC)(CC)c1cccc(C([2H])(CC)CC)c1C(C)(C)C.[2H]C(CC)(CC)c1ccccc1C(C)(C)C. The number of alkyl halides is 3. The van der Waals surface area contributed by atoms with E-state index in [4.69, 9.17) is 4.11 Å². The zero-order valence-corrected chi connectivity index (χ0v) is 78.2. The fourth-order valence-electron chi connectivity index (χ4n) is 15.1. The van der Waals surface area contributed by atoms with Crippen LogP contribution in [0, 0.1) is 16.7 Å². The fraction of sp³-hybridized carbons (Fsp3) is 0.607. The lowest BCUT2D eigenvalue weighted by Gasteiger charge is -2.32. The minimum Gasteiger partial charge on any atom is -0.171 e. The highest BCUT2D eigenvalue weighted by molar-refractivity contribution is 5.45. The highest BCUT2D eigenvalue weighted by Crippen LogP contribution is 2.44. The van der Waals surface area contributed by atoms with Crippen LogP contribution in [-0.2, 0) is 57.2 Å². The summed E-state index contributed by atoms with van der Waals surface area (Å²) in [5.74, 6) is 0.542. The van der Waals surface area contributed by atoms with Gasteiger partial charge in [0.2, 0.25) is 0 Å². The third-order valence-electron chi connectivity index (χ3n) is 21.1. The van der Waals surface area contributed by atoms with Crippen molar-refractivity contribution in [1.82, 2.24) is 0 Å². The van der Waals surface area contributed by atoms with Crippen molar-refractivity contribution in [3.05, 3.63) is 247 Å². The Kier molecular flexibility index (Phi) is 39.4. The molecular formula is C107H169F3. The minimum atomic E-state index is -4.18. The minimum absolute atomic E-state index is 0.0178. The summed E-state index contributed by atoms with van der Waals surface area (Å²) in [6, 6.07) is 57.4. The zero-order valence-electron chi connectivity index (χ0n) is 81.2. The van der Waals surface area contributed by atoms with Gasteiger partial charge in [-0.05, 0) is 233 Å². The average molecular weight is 1520 g/mol. The van der Waals surface area contributed by atoms with E-state index in [2.05, 4.69) is 368 Å². The molecule has 0 aromatic heterocycles. The highest BCUT2D eigenvalue weighted by atomic mass is 19.4. The van der Waals surface area contributed by atoms with Crippen LogP contribution in [0.2, 0.25) is 0 Å². The maximum atomic E-state index is 12.9. The van der Waals surface area contributed by atoms with Gasteiger partial charge in [-0.25, -0.2) is 0 Å². The molecule has 0 saturated carbocycles. The summed E-state index contributed by atoms with van der Waals surface area (Å²) in [6.45, 7) is 82.4. The molecule has 0 nitrogen and oxygen atoms in total. The summed E-state index contributed by atoms with van der Waals surface area (Å²) in [7, 11) is 0. The maximum absolute atomic E-state index is 12.9. The Balaban J connectivity index is 0.000000663. The number of halogens is 3. The van der Waals surface area contributed by atoms with Crippen LogP contribution in [0.1, 0.15) is 432 Å². The van der Waals surface area contributed by atoms with Gasteiger partial charge in [-0.1, -0.05) is 427 Å². The van der Waals surface area contributed by atoms with E-state index >= 15 is 0 Å². The second kappa shape index (κ2) is 44.8. The lowest BCUT2D eigenvalue weighted by Crippen LogP contribution is -2.34. The van der Waals surface area contributed by atoms with E-state index in [1.807, 2.05) is 32.9 Å². The molecular weight excluding hydrogens is 1340 g/mol. The summed E-state index contributed by atoms with van der Waals surface area (Å²) in [5, 5.41) is 0. The van der Waals surface area contributed by atoms with E-state index in [-0.39, 0.29) is 44.3 Å². The maximum Gasteiger partial charge on any atom is 0.394 e. The van der Waals surface area contributed by atoms with Crippen molar-refractivity contribution in [2.24, 2.45) is 16.7 Å². The van der Waals surface area contributed by atoms with E-state index in [0.29, 0.717) is 11.3 Å². The van der Waals surface area contributed by atoms with Crippen LogP contribution in [0.25, 0.3) is 0 Å².